The molecule has 0 aliphatic carbocycles. The van der Waals surface area contributed by atoms with E-state index in [1.807, 2.05) is 91.5 Å². The van der Waals surface area contributed by atoms with Gasteiger partial charge in [-0.05, 0) is 72.8 Å². The van der Waals surface area contributed by atoms with Crippen LogP contribution in [-0.4, -0.2) is 68.9 Å². The molecule has 1 aliphatic rings. The lowest BCUT2D eigenvalue weighted by Crippen LogP contribution is -2.48. The van der Waals surface area contributed by atoms with Crippen LogP contribution in [0, 0.1) is 13.8 Å². The molecule has 38 heavy (non-hydrogen) atoms. The van der Waals surface area contributed by atoms with Crippen molar-refractivity contribution in [2.24, 2.45) is 0 Å². The van der Waals surface area contributed by atoms with E-state index < -0.39 is 0 Å². The van der Waals surface area contributed by atoms with Gasteiger partial charge in [-0.3, -0.25) is 9.59 Å². The fraction of sp³-hybridized carbons (Fsp3) is 0.250. The van der Waals surface area contributed by atoms with Crippen molar-refractivity contribution in [3.63, 3.8) is 0 Å². The lowest BCUT2D eigenvalue weighted by atomic mass is 10.1. The van der Waals surface area contributed by atoms with Gasteiger partial charge in [-0.2, -0.15) is 4.68 Å². The summed E-state index contributed by atoms with van der Waals surface area (Å²) in [7, 11) is 0. The maximum Gasteiger partial charge on any atom is 0.253 e. The largest absolute Gasteiger partial charge is 0.368 e. The first kappa shape index (κ1) is 25.5. The summed E-state index contributed by atoms with van der Waals surface area (Å²) < 4.78 is 1.63. The zero-order valence-electron chi connectivity index (χ0n) is 21.4. The average Bonchev–Trinajstić information content (AvgIpc) is 3.41. The number of hydrogen-bond donors (Lipinski definition) is 1. The molecule has 194 valence electrons. The normalized spacial score (nSPS) is 13.4. The number of carbonyl (C=O) groups excluding carboxylic acids is 2. The third-order valence-electron chi connectivity index (χ3n) is 6.40. The number of nitrogens with one attached hydrogen (secondary N) is 1. The summed E-state index contributed by atoms with van der Waals surface area (Å²) in [5.74, 6) is 0.131. The van der Waals surface area contributed by atoms with E-state index in [1.54, 1.807) is 4.68 Å². The number of aromatic nitrogens is 4. The van der Waals surface area contributed by atoms with Gasteiger partial charge in [0.15, 0.2) is 0 Å². The highest BCUT2D eigenvalue weighted by Gasteiger charge is 2.22. The van der Waals surface area contributed by atoms with E-state index >= 15 is 0 Å². The summed E-state index contributed by atoms with van der Waals surface area (Å²) in [5, 5.41) is 15.3. The Bertz CT molecular complexity index is 1410. The molecule has 5 rings (SSSR count). The maximum atomic E-state index is 12.8. The van der Waals surface area contributed by atoms with E-state index in [4.69, 9.17) is 0 Å². The van der Waals surface area contributed by atoms with Gasteiger partial charge in [0.2, 0.25) is 11.1 Å². The van der Waals surface area contributed by atoms with Gasteiger partial charge in [-0.25, -0.2) is 0 Å². The maximum absolute atomic E-state index is 12.8. The fourth-order valence-electron chi connectivity index (χ4n) is 4.33. The first-order valence-corrected chi connectivity index (χ1v) is 13.4. The average molecular weight is 528 g/mol. The van der Waals surface area contributed by atoms with Crippen molar-refractivity contribution in [1.29, 1.82) is 0 Å². The molecule has 0 saturated carbocycles. The molecular formula is C28H29N7O2S. The molecule has 4 aromatic rings. The molecule has 1 saturated heterocycles. The monoisotopic (exact) mass is 527 g/mol. The molecule has 3 aromatic carbocycles. The van der Waals surface area contributed by atoms with Crippen molar-refractivity contribution in [2.45, 2.75) is 19.0 Å². The molecule has 0 atom stereocenters. The quantitative estimate of drug-likeness (QED) is 0.363. The first-order chi connectivity index (χ1) is 18.5. The third kappa shape index (κ3) is 6.03. The number of piperazine rings is 1. The summed E-state index contributed by atoms with van der Waals surface area (Å²) in [5.41, 5.74) is 5.62. The van der Waals surface area contributed by atoms with Crippen molar-refractivity contribution in [2.75, 3.05) is 42.1 Å². The molecular weight excluding hydrogens is 498 g/mol. The number of hydrogen-bond acceptors (Lipinski definition) is 7. The second-order valence-electron chi connectivity index (χ2n) is 9.24. The number of amides is 2. The van der Waals surface area contributed by atoms with Crippen LogP contribution in [0.5, 0.6) is 0 Å². The van der Waals surface area contributed by atoms with E-state index in [0.717, 1.165) is 46.8 Å². The van der Waals surface area contributed by atoms with E-state index in [2.05, 4.69) is 25.7 Å². The van der Waals surface area contributed by atoms with Gasteiger partial charge in [0, 0.05) is 43.1 Å². The zero-order chi connectivity index (χ0) is 26.5. The smallest absolute Gasteiger partial charge is 0.253 e. The Morgan fingerprint density at radius 2 is 1.58 bits per heavy atom. The van der Waals surface area contributed by atoms with E-state index in [9.17, 15) is 9.59 Å². The molecule has 2 amide bonds. The predicted octanol–water partition coefficient (Wildman–Crippen LogP) is 3.97. The molecule has 0 spiro atoms. The minimum absolute atomic E-state index is 0.0807. The number of benzene rings is 3. The highest BCUT2D eigenvalue weighted by molar-refractivity contribution is 7.99. The van der Waals surface area contributed by atoms with Gasteiger partial charge >= 0.3 is 0 Å². The van der Waals surface area contributed by atoms with Gasteiger partial charge < -0.3 is 15.1 Å². The number of rotatable bonds is 7. The Morgan fingerprint density at radius 1 is 0.868 bits per heavy atom. The van der Waals surface area contributed by atoms with Crippen LogP contribution in [-0.2, 0) is 4.79 Å². The zero-order valence-corrected chi connectivity index (χ0v) is 22.2. The standard InChI is InChI=1S/C28H29N7O2S/c1-20-6-10-25(11-7-20)35-28(30-31-32-35)38-19-26(36)29-23-8-12-24(13-9-23)33-14-16-34(17-15-33)27(37)22-5-3-4-21(2)18-22/h3-13,18H,14-17,19H2,1-2H3,(H,29,36). The molecule has 1 aromatic heterocycles. The Balaban J connectivity index is 1.11. The highest BCUT2D eigenvalue weighted by atomic mass is 32.2. The van der Waals surface area contributed by atoms with Crippen LogP contribution in [0.3, 0.4) is 0 Å². The van der Waals surface area contributed by atoms with Crippen molar-refractivity contribution in [3.8, 4) is 5.69 Å². The minimum Gasteiger partial charge on any atom is -0.368 e. The van der Waals surface area contributed by atoms with Crippen molar-refractivity contribution >= 4 is 35.0 Å². The van der Waals surface area contributed by atoms with Crippen LogP contribution >= 0.6 is 11.8 Å². The number of thioether (sulfide) groups is 1. The van der Waals surface area contributed by atoms with Crippen LogP contribution in [0.2, 0.25) is 0 Å². The van der Waals surface area contributed by atoms with Crippen LogP contribution in [0.4, 0.5) is 11.4 Å². The number of nitrogens with zero attached hydrogens (tertiary/aromatic N) is 6. The molecule has 0 radical (unpaired) electrons. The number of aryl methyl sites for hydroxylation is 2. The molecule has 10 heteroatoms. The molecule has 0 bridgehead atoms. The number of tetrazole rings is 1. The summed E-state index contributed by atoms with van der Waals surface area (Å²) in [6, 6.07) is 23.4. The summed E-state index contributed by atoms with van der Waals surface area (Å²) in [6.07, 6.45) is 0. The fourth-order valence-corrected chi connectivity index (χ4v) is 5.02. The first-order valence-electron chi connectivity index (χ1n) is 12.5. The van der Waals surface area contributed by atoms with E-state index in [-0.39, 0.29) is 17.6 Å². The summed E-state index contributed by atoms with van der Waals surface area (Å²) >= 11 is 1.28. The summed E-state index contributed by atoms with van der Waals surface area (Å²) in [6.45, 7) is 6.88. The van der Waals surface area contributed by atoms with Gasteiger partial charge in [0.25, 0.3) is 5.91 Å². The van der Waals surface area contributed by atoms with Crippen molar-refractivity contribution < 1.29 is 9.59 Å². The van der Waals surface area contributed by atoms with Gasteiger partial charge in [0.1, 0.15) is 0 Å². The lowest BCUT2D eigenvalue weighted by molar-refractivity contribution is -0.113. The van der Waals surface area contributed by atoms with Gasteiger partial charge in [0.05, 0.1) is 11.4 Å². The topological polar surface area (TPSA) is 96.2 Å². The van der Waals surface area contributed by atoms with Crippen LogP contribution in [0.25, 0.3) is 5.69 Å². The van der Waals surface area contributed by atoms with Crippen molar-refractivity contribution in [3.05, 3.63) is 89.5 Å². The van der Waals surface area contributed by atoms with Crippen LogP contribution < -0.4 is 10.2 Å². The number of carbonyl (C=O) groups is 2. The second-order valence-corrected chi connectivity index (χ2v) is 10.2. The molecule has 1 N–H and O–H groups in total. The third-order valence-corrected chi connectivity index (χ3v) is 7.32. The van der Waals surface area contributed by atoms with E-state index in [1.165, 1.54) is 11.8 Å². The van der Waals surface area contributed by atoms with Gasteiger partial charge in [-0.15, -0.1) is 5.10 Å². The molecule has 0 unspecified atom stereocenters. The Hall–Kier alpha value is -4.18. The van der Waals surface area contributed by atoms with Crippen LogP contribution in [0.15, 0.2) is 78.0 Å². The molecule has 1 aliphatic heterocycles. The van der Waals surface area contributed by atoms with Gasteiger partial charge in [-0.1, -0.05) is 47.2 Å². The summed E-state index contributed by atoms with van der Waals surface area (Å²) in [4.78, 5) is 29.6. The second kappa shape index (κ2) is 11.5. The Kier molecular flexibility index (Phi) is 7.69. The van der Waals surface area contributed by atoms with Crippen LogP contribution in [0.1, 0.15) is 21.5 Å². The minimum atomic E-state index is -0.135. The van der Waals surface area contributed by atoms with E-state index in [0.29, 0.717) is 18.2 Å². The SMILES string of the molecule is Cc1ccc(-n2nnnc2SCC(=O)Nc2ccc(N3CCN(C(=O)c4cccc(C)c4)CC3)cc2)cc1. The Labute approximate surface area is 225 Å². The predicted molar refractivity (Wildman–Crippen MR) is 149 cm³/mol. The molecule has 1 fully saturated rings. The molecule has 9 nitrogen and oxygen atoms in total. The molecule has 2 heterocycles. The highest BCUT2D eigenvalue weighted by Crippen LogP contribution is 2.22. The Morgan fingerprint density at radius 3 is 2.29 bits per heavy atom. The lowest BCUT2D eigenvalue weighted by Gasteiger charge is -2.36. The number of anilines is 2. The van der Waals surface area contributed by atoms with Crippen molar-refractivity contribution in [1.82, 2.24) is 25.1 Å².